The van der Waals surface area contributed by atoms with Gasteiger partial charge in [-0.05, 0) is 18.9 Å². The maximum atomic E-state index is 5.41. The molecule has 21 heavy (non-hydrogen) atoms. The molecule has 0 spiro atoms. The van der Waals surface area contributed by atoms with Gasteiger partial charge >= 0.3 is 0 Å². The van der Waals surface area contributed by atoms with Crippen LogP contribution in [0.4, 0.5) is 5.82 Å². The maximum absolute atomic E-state index is 5.41. The predicted octanol–water partition coefficient (Wildman–Crippen LogP) is 2.77. The zero-order chi connectivity index (χ0) is 15.1. The molecular formula is C15H25N5O. The van der Waals surface area contributed by atoms with E-state index in [0.29, 0.717) is 17.7 Å². The van der Waals surface area contributed by atoms with E-state index in [1.54, 1.807) is 17.8 Å². The lowest BCUT2D eigenvalue weighted by molar-refractivity contribution is 0.135. The van der Waals surface area contributed by atoms with Crippen molar-refractivity contribution < 1.29 is 4.74 Å². The molecule has 2 aromatic heterocycles. The predicted molar refractivity (Wildman–Crippen MR) is 83.4 cm³/mol. The van der Waals surface area contributed by atoms with E-state index in [1.165, 1.54) is 25.6 Å². The number of anilines is 1. The Morgan fingerprint density at radius 2 is 2.19 bits per heavy atom. The molecule has 0 saturated carbocycles. The maximum Gasteiger partial charge on any atom is 0.254 e. The molecule has 6 heteroatoms. The van der Waals surface area contributed by atoms with Crippen LogP contribution in [0, 0.1) is 5.92 Å². The second-order valence-corrected chi connectivity index (χ2v) is 5.32. The van der Waals surface area contributed by atoms with Gasteiger partial charge in [-0.25, -0.2) is 4.98 Å². The Kier molecular flexibility index (Phi) is 5.92. The first-order valence-corrected chi connectivity index (χ1v) is 7.70. The first kappa shape index (κ1) is 15.7. The molecule has 2 rings (SSSR count). The third-order valence-electron chi connectivity index (χ3n) is 3.83. The number of ether oxygens (including phenoxy) is 1. The number of nitrogens with zero attached hydrogens (tertiary/aromatic N) is 4. The summed E-state index contributed by atoms with van der Waals surface area (Å²) in [6.45, 7) is 5.20. The van der Waals surface area contributed by atoms with Crippen LogP contribution in [0.3, 0.4) is 0 Å². The molecule has 0 fully saturated rings. The number of nitrogens with one attached hydrogen (secondary N) is 1. The molecular weight excluding hydrogens is 266 g/mol. The van der Waals surface area contributed by atoms with Gasteiger partial charge in [-0.3, -0.25) is 0 Å². The van der Waals surface area contributed by atoms with Crippen molar-refractivity contribution in [3.05, 3.63) is 18.6 Å². The van der Waals surface area contributed by atoms with E-state index in [4.69, 9.17) is 4.74 Å². The lowest BCUT2D eigenvalue weighted by Crippen LogP contribution is -2.32. The minimum atomic E-state index is 0.353. The third kappa shape index (κ3) is 3.91. The number of hydrogen-bond acceptors (Lipinski definition) is 5. The summed E-state index contributed by atoms with van der Waals surface area (Å²) < 4.78 is 7.15. The fraction of sp³-hybridized carbons (Fsp3) is 0.667. The van der Waals surface area contributed by atoms with E-state index in [0.717, 1.165) is 18.8 Å². The van der Waals surface area contributed by atoms with Gasteiger partial charge in [-0.2, -0.15) is 14.6 Å². The fourth-order valence-corrected chi connectivity index (χ4v) is 2.67. The molecule has 2 aromatic rings. The van der Waals surface area contributed by atoms with Crippen LogP contribution in [0.1, 0.15) is 39.5 Å². The molecule has 0 aromatic carbocycles. The van der Waals surface area contributed by atoms with Gasteiger partial charge in [0.15, 0.2) is 0 Å². The van der Waals surface area contributed by atoms with Crippen molar-refractivity contribution in [2.75, 3.05) is 19.0 Å². The molecule has 6 nitrogen and oxygen atoms in total. The summed E-state index contributed by atoms with van der Waals surface area (Å²) in [6, 6.07) is 2.29. The van der Waals surface area contributed by atoms with Gasteiger partial charge < -0.3 is 10.1 Å². The SMILES string of the molecule is CCCCC(COC)C(CC)Nc1ccnc2ncnn12. The molecule has 0 aliphatic carbocycles. The number of aromatic nitrogens is 4. The first-order chi connectivity index (χ1) is 10.3. The number of fused-ring (bicyclic) bond motifs is 1. The van der Waals surface area contributed by atoms with Crippen LogP contribution in [0.2, 0.25) is 0 Å². The highest BCUT2D eigenvalue weighted by Gasteiger charge is 2.20. The zero-order valence-electron chi connectivity index (χ0n) is 13.1. The quantitative estimate of drug-likeness (QED) is 0.769. The van der Waals surface area contributed by atoms with Gasteiger partial charge in [0, 0.05) is 25.3 Å². The second kappa shape index (κ2) is 7.93. The van der Waals surface area contributed by atoms with Crippen molar-refractivity contribution in [1.82, 2.24) is 19.6 Å². The van der Waals surface area contributed by atoms with Gasteiger partial charge in [0.2, 0.25) is 0 Å². The number of hydrogen-bond donors (Lipinski definition) is 1. The summed E-state index contributed by atoms with van der Waals surface area (Å²) in [5.41, 5.74) is 0. The van der Waals surface area contributed by atoms with Gasteiger partial charge in [-0.15, -0.1) is 0 Å². The standard InChI is InChI=1S/C15H25N5O/c1-4-6-7-12(10-21-3)13(5-2)19-14-8-9-16-15-17-11-18-20(14)15/h8-9,11-13,19H,4-7,10H2,1-3H3. The Bertz CT molecular complexity index is 542. The Hall–Kier alpha value is -1.69. The van der Waals surface area contributed by atoms with Crippen molar-refractivity contribution in [3.8, 4) is 0 Å². The smallest absolute Gasteiger partial charge is 0.254 e. The molecule has 0 amide bonds. The van der Waals surface area contributed by atoms with Crippen LogP contribution in [0.5, 0.6) is 0 Å². The summed E-state index contributed by atoms with van der Waals surface area (Å²) in [5, 5.41) is 7.81. The molecule has 1 N–H and O–H groups in total. The molecule has 2 atom stereocenters. The summed E-state index contributed by atoms with van der Waals surface area (Å²) in [7, 11) is 1.77. The molecule has 0 radical (unpaired) electrons. The summed E-state index contributed by atoms with van der Waals surface area (Å²) in [4.78, 5) is 8.31. The Balaban J connectivity index is 2.14. The van der Waals surface area contributed by atoms with Gasteiger partial charge in [-0.1, -0.05) is 26.7 Å². The number of methoxy groups -OCH3 is 1. The molecule has 2 unspecified atom stereocenters. The Morgan fingerprint density at radius 1 is 1.33 bits per heavy atom. The summed E-state index contributed by atoms with van der Waals surface area (Å²) >= 11 is 0. The van der Waals surface area contributed by atoms with E-state index >= 15 is 0 Å². The average molecular weight is 291 g/mol. The van der Waals surface area contributed by atoms with E-state index in [1.807, 2.05) is 6.07 Å². The highest BCUT2D eigenvalue weighted by Crippen LogP contribution is 2.20. The molecule has 0 saturated heterocycles. The van der Waals surface area contributed by atoms with Gasteiger partial charge in [0.25, 0.3) is 5.78 Å². The van der Waals surface area contributed by atoms with Gasteiger partial charge in [0.05, 0.1) is 6.61 Å². The lowest BCUT2D eigenvalue weighted by atomic mass is 9.92. The van der Waals surface area contributed by atoms with Crippen LogP contribution in [0.25, 0.3) is 5.78 Å². The first-order valence-electron chi connectivity index (χ1n) is 7.70. The molecule has 116 valence electrons. The van der Waals surface area contributed by atoms with Crippen molar-refractivity contribution in [3.63, 3.8) is 0 Å². The van der Waals surface area contributed by atoms with Crippen molar-refractivity contribution in [2.24, 2.45) is 5.92 Å². The van der Waals surface area contributed by atoms with E-state index in [9.17, 15) is 0 Å². The monoisotopic (exact) mass is 291 g/mol. The van der Waals surface area contributed by atoms with Crippen LogP contribution in [-0.2, 0) is 4.74 Å². The summed E-state index contributed by atoms with van der Waals surface area (Å²) in [6.07, 6.45) is 7.92. The lowest BCUT2D eigenvalue weighted by Gasteiger charge is -2.27. The van der Waals surface area contributed by atoms with E-state index < -0.39 is 0 Å². The van der Waals surface area contributed by atoms with Crippen LogP contribution in [0.15, 0.2) is 18.6 Å². The highest BCUT2D eigenvalue weighted by molar-refractivity contribution is 5.43. The Morgan fingerprint density at radius 3 is 2.90 bits per heavy atom. The minimum Gasteiger partial charge on any atom is -0.384 e. The third-order valence-corrected chi connectivity index (χ3v) is 3.83. The van der Waals surface area contributed by atoms with Crippen LogP contribution >= 0.6 is 0 Å². The second-order valence-electron chi connectivity index (χ2n) is 5.32. The van der Waals surface area contributed by atoms with E-state index in [-0.39, 0.29) is 0 Å². The van der Waals surface area contributed by atoms with Crippen molar-refractivity contribution >= 4 is 11.6 Å². The molecule has 0 aliphatic heterocycles. The topological polar surface area (TPSA) is 64.3 Å². The summed E-state index contributed by atoms with van der Waals surface area (Å²) in [5.74, 6) is 2.04. The average Bonchev–Trinajstić information content (AvgIpc) is 2.98. The normalized spacial score (nSPS) is 14.2. The zero-order valence-corrected chi connectivity index (χ0v) is 13.1. The van der Waals surface area contributed by atoms with Gasteiger partial charge in [0.1, 0.15) is 12.1 Å². The number of unbranched alkanes of at least 4 members (excludes halogenated alkanes) is 1. The number of rotatable bonds is 9. The minimum absolute atomic E-state index is 0.353. The molecule has 0 bridgehead atoms. The molecule has 2 heterocycles. The van der Waals surface area contributed by atoms with E-state index in [2.05, 4.69) is 34.2 Å². The van der Waals surface area contributed by atoms with Crippen LogP contribution < -0.4 is 5.32 Å². The molecule has 0 aliphatic rings. The highest BCUT2D eigenvalue weighted by atomic mass is 16.5. The van der Waals surface area contributed by atoms with Crippen molar-refractivity contribution in [2.45, 2.75) is 45.6 Å². The Labute approximate surface area is 125 Å². The fourth-order valence-electron chi connectivity index (χ4n) is 2.67. The van der Waals surface area contributed by atoms with Crippen LogP contribution in [-0.4, -0.2) is 39.3 Å². The largest absolute Gasteiger partial charge is 0.384 e. The van der Waals surface area contributed by atoms with Crippen molar-refractivity contribution in [1.29, 1.82) is 0 Å².